The van der Waals surface area contributed by atoms with Crippen molar-refractivity contribution in [2.24, 2.45) is 11.8 Å². The first-order chi connectivity index (χ1) is 13.8. The molecule has 0 radical (unpaired) electrons. The Morgan fingerprint density at radius 3 is 2.31 bits per heavy atom. The highest BCUT2D eigenvalue weighted by Gasteiger charge is 2.37. The molecule has 0 spiro atoms. The molecule has 1 heterocycles. The number of rotatable bonds is 8. The minimum atomic E-state index is -3.58. The molecule has 1 aliphatic carbocycles. The second kappa shape index (κ2) is 9.49. The van der Waals surface area contributed by atoms with Crippen LogP contribution in [0, 0.1) is 11.8 Å². The van der Waals surface area contributed by atoms with E-state index >= 15 is 0 Å². The third-order valence-corrected chi connectivity index (χ3v) is 8.14. The van der Waals surface area contributed by atoms with Gasteiger partial charge in [0.2, 0.25) is 10.0 Å². The average molecular weight is 421 g/mol. The van der Waals surface area contributed by atoms with Gasteiger partial charge in [0, 0.05) is 26.1 Å². The van der Waals surface area contributed by atoms with Crippen LogP contribution >= 0.6 is 0 Å². The maximum atomic E-state index is 12.9. The zero-order valence-electron chi connectivity index (χ0n) is 17.4. The van der Waals surface area contributed by atoms with E-state index in [1.54, 1.807) is 24.3 Å². The summed E-state index contributed by atoms with van der Waals surface area (Å²) in [5, 5.41) is 3.41. The number of carbonyl (C=O) groups excluding carboxylic acids is 2. The quantitative estimate of drug-likeness (QED) is 0.653. The standard InChI is InChI=1S/C22H32N2O4S/c1-24(2)29(27,28)15-21(26)18-10-8-16(9-11-18)14-20(25)22-19(12-13-23-22)17-6-4-3-5-7-17/h8-11,17,19,22-23H,3-7,12-15H2,1-2H3/t19?,22-/m0/s1. The first-order valence-corrected chi connectivity index (χ1v) is 12.2. The number of Topliss-reactive ketones (excluding diaryl/α,β-unsaturated/α-hetero) is 2. The third kappa shape index (κ3) is 5.53. The Balaban J connectivity index is 1.60. The average Bonchev–Trinajstić information content (AvgIpc) is 3.19. The van der Waals surface area contributed by atoms with Crippen LogP contribution in [0.4, 0.5) is 0 Å². The number of hydrogen-bond acceptors (Lipinski definition) is 5. The van der Waals surface area contributed by atoms with Crippen molar-refractivity contribution in [1.29, 1.82) is 0 Å². The van der Waals surface area contributed by atoms with Crippen LogP contribution < -0.4 is 5.32 Å². The van der Waals surface area contributed by atoms with E-state index in [2.05, 4.69) is 5.32 Å². The highest BCUT2D eigenvalue weighted by Crippen LogP contribution is 2.36. The Labute approximate surface area is 174 Å². The summed E-state index contributed by atoms with van der Waals surface area (Å²) in [5.41, 5.74) is 1.21. The second-order valence-corrected chi connectivity index (χ2v) is 10.8. The summed E-state index contributed by atoms with van der Waals surface area (Å²) in [6, 6.07) is 6.70. The van der Waals surface area contributed by atoms with E-state index in [9.17, 15) is 18.0 Å². The van der Waals surface area contributed by atoms with Crippen molar-refractivity contribution in [3.63, 3.8) is 0 Å². The molecule has 1 aliphatic heterocycles. The summed E-state index contributed by atoms with van der Waals surface area (Å²) in [6.45, 7) is 0.908. The van der Waals surface area contributed by atoms with E-state index in [4.69, 9.17) is 0 Å². The fourth-order valence-corrected chi connectivity index (χ4v) is 5.40. The molecule has 6 nitrogen and oxygen atoms in total. The van der Waals surface area contributed by atoms with Crippen LogP contribution in [0.1, 0.15) is 54.4 Å². The van der Waals surface area contributed by atoms with E-state index in [0.717, 1.165) is 22.8 Å². The van der Waals surface area contributed by atoms with Gasteiger partial charge in [0.1, 0.15) is 5.75 Å². The molecule has 1 aromatic carbocycles. The van der Waals surface area contributed by atoms with Crippen LogP contribution in [0.5, 0.6) is 0 Å². The molecule has 29 heavy (non-hydrogen) atoms. The minimum Gasteiger partial charge on any atom is -0.307 e. The molecule has 2 atom stereocenters. The lowest BCUT2D eigenvalue weighted by molar-refractivity contribution is -0.121. The normalized spacial score (nSPS) is 23.4. The van der Waals surface area contributed by atoms with E-state index in [1.165, 1.54) is 46.2 Å². The third-order valence-electron chi connectivity index (χ3n) is 6.40. The molecule has 2 aliphatic rings. The lowest BCUT2D eigenvalue weighted by atomic mass is 9.75. The monoisotopic (exact) mass is 420 g/mol. The molecule has 1 aromatic rings. The van der Waals surface area contributed by atoms with Crippen molar-refractivity contribution in [2.45, 2.75) is 51.0 Å². The SMILES string of the molecule is CN(C)S(=O)(=O)CC(=O)c1ccc(CC(=O)[C@H]2NCCC2C2CCCCC2)cc1. The van der Waals surface area contributed by atoms with Gasteiger partial charge >= 0.3 is 0 Å². The zero-order chi connectivity index (χ0) is 21.0. The Morgan fingerprint density at radius 1 is 1.03 bits per heavy atom. The van der Waals surface area contributed by atoms with E-state index < -0.39 is 21.6 Å². The first-order valence-electron chi connectivity index (χ1n) is 10.6. The summed E-state index contributed by atoms with van der Waals surface area (Å²) in [6.07, 6.45) is 7.77. The summed E-state index contributed by atoms with van der Waals surface area (Å²) >= 11 is 0. The number of nitrogens with one attached hydrogen (secondary N) is 1. The van der Waals surface area contributed by atoms with Crippen LogP contribution in [-0.2, 0) is 21.2 Å². The largest absolute Gasteiger partial charge is 0.307 e. The topological polar surface area (TPSA) is 83.6 Å². The lowest BCUT2D eigenvalue weighted by Gasteiger charge is -2.30. The van der Waals surface area contributed by atoms with Crippen LogP contribution in [0.15, 0.2) is 24.3 Å². The number of nitrogens with zero attached hydrogens (tertiary/aromatic N) is 1. The lowest BCUT2D eigenvalue weighted by Crippen LogP contribution is -2.40. The van der Waals surface area contributed by atoms with Crippen molar-refractivity contribution >= 4 is 21.6 Å². The number of carbonyl (C=O) groups is 2. The molecule has 160 valence electrons. The van der Waals surface area contributed by atoms with Crippen molar-refractivity contribution in [1.82, 2.24) is 9.62 Å². The van der Waals surface area contributed by atoms with Crippen LogP contribution in [0.2, 0.25) is 0 Å². The van der Waals surface area contributed by atoms with Gasteiger partial charge in [-0.2, -0.15) is 0 Å². The van der Waals surface area contributed by atoms with Gasteiger partial charge in [-0.15, -0.1) is 0 Å². The Hall–Kier alpha value is -1.57. The van der Waals surface area contributed by atoms with Gasteiger partial charge in [0.15, 0.2) is 11.6 Å². The molecular formula is C22H32N2O4S. The molecule has 7 heteroatoms. The van der Waals surface area contributed by atoms with Crippen LogP contribution in [0.3, 0.4) is 0 Å². The zero-order valence-corrected chi connectivity index (χ0v) is 18.2. The number of benzene rings is 1. The van der Waals surface area contributed by atoms with E-state index in [-0.39, 0.29) is 11.8 Å². The van der Waals surface area contributed by atoms with Crippen LogP contribution in [-0.4, -0.2) is 56.7 Å². The van der Waals surface area contributed by atoms with Gasteiger partial charge in [0.25, 0.3) is 0 Å². The Kier molecular flexibility index (Phi) is 7.24. The molecule has 1 saturated carbocycles. The van der Waals surface area contributed by atoms with Gasteiger partial charge in [0.05, 0.1) is 6.04 Å². The van der Waals surface area contributed by atoms with Gasteiger partial charge in [-0.1, -0.05) is 56.4 Å². The smallest absolute Gasteiger partial charge is 0.221 e. The van der Waals surface area contributed by atoms with Gasteiger partial charge < -0.3 is 5.32 Å². The molecule has 1 saturated heterocycles. The number of ketones is 2. The first kappa shape index (κ1) is 22.1. The predicted molar refractivity (Wildman–Crippen MR) is 113 cm³/mol. The van der Waals surface area contributed by atoms with Crippen molar-refractivity contribution in [3.05, 3.63) is 35.4 Å². The summed E-state index contributed by atoms with van der Waals surface area (Å²) in [7, 11) is -0.758. The molecule has 1 unspecified atom stereocenters. The van der Waals surface area contributed by atoms with Crippen molar-refractivity contribution in [3.8, 4) is 0 Å². The summed E-state index contributed by atoms with van der Waals surface area (Å²) in [4.78, 5) is 25.2. The molecule has 3 rings (SSSR count). The second-order valence-electron chi connectivity index (χ2n) is 8.58. The fourth-order valence-electron chi connectivity index (χ4n) is 4.64. The van der Waals surface area contributed by atoms with Crippen LogP contribution in [0.25, 0.3) is 0 Å². The highest BCUT2D eigenvalue weighted by molar-refractivity contribution is 7.89. The van der Waals surface area contributed by atoms with E-state index in [0.29, 0.717) is 23.8 Å². The van der Waals surface area contributed by atoms with Gasteiger partial charge in [-0.3, -0.25) is 9.59 Å². The number of hydrogen-bond donors (Lipinski definition) is 1. The molecule has 2 fully saturated rings. The Bertz CT molecular complexity index is 827. The maximum Gasteiger partial charge on any atom is 0.221 e. The molecular weight excluding hydrogens is 388 g/mol. The molecule has 1 N–H and O–H groups in total. The van der Waals surface area contributed by atoms with Crippen molar-refractivity contribution in [2.75, 3.05) is 26.4 Å². The number of sulfonamides is 1. The summed E-state index contributed by atoms with van der Waals surface area (Å²) < 4.78 is 24.8. The highest BCUT2D eigenvalue weighted by atomic mass is 32.2. The minimum absolute atomic E-state index is 0.0651. The van der Waals surface area contributed by atoms with E-state index in [1.807, 2.05) is 0 Å². The maximum absolute atomic E-state index is 12.9. The van der Waals surface area contributed by atoms with Gasteiger partial charge in [-0.25, -0.2) is 12.7 Å². The Morgan fingerprint density at radius 2 is 1.69 bits per heavy atom. The van der Waals surface area contributed by atoms with Gasteiger partial charge in [-0.05, 0) is 30.4 Å². The molecule has 0 aromatic heterocycles. The molecule has 0 bridgehead atoms. The fraction of sp³-hybridized carbons (Fsp3) is 0.636. The summed E-state index contributed by atoms with van der Waals surface area (Å²) in [5.74, 6) is 0.331. The molecule has 0 amide bonds. The van der Waals surface area contributed by atoms with Crippen molar-refractivity contribution < 1.29 is 18.0 Å². The predicted octanol–water partition coefficient (Wildman–Crippen LogP) is 2.43.